The molecule has 1 aliphatic rings. The summed E-state index contributed by atoms with van der Waals surface area (Å²) in [6, 6.07) is 3.99. The van der Waals surface area contributed by atoms with E-state index in [1.165, 1.54) is 12.8 Å². The summed E-state index contributed by atoms with van der Waals surface area (Å²) >= 11 is 0. The van der Waals surface area contributed by atoms with Gasteiger partial charge >= 0.3 is 0 Å². The Hall–Kier alpha value is -2.24. The van der Waals surface area contributed by atoms with Gasteiger partial charge in [-0.05, 0) is 18.9 Å². The molecule has 0 aliphatic heterocycles. The second-order valence-electron chi connectivity index (χ2n) is 5.00. The van der Waals surface area contributed by atoms with Gasteiger partial charge in [0, 0.05) is 18.3 Å². The number of hydrogen-bond acceptors (Lipinski definition) is 4. The smallest absolute Gasteiger partial charge is 0.280 e. The summed E-state index contributed by atoms with van der Waals surface area (Å²) in [5, 5.41) is 12.3. The molecule has 6 nitrogen and oxygen atoms in total. The van der Waals surface area contributed by atoms with Crippen LogP contribution in [0.4, 0.5) is 0 Å². The maximum Gasteiger partial charge on any atom is 0.280 e. The van der Waals surface area contributed by atoms with Crippen molar-refractivity contribution in [3.8, 4) is 0 Å². The van der Waals surface area contributed by atoms with Gasteiger partial charge in [-0.25, -0.2) is 4.52 Å². The van der Waals surface area contributed by atoms with Crippen LogP contribution in [0.25, 0.3) is 16.7 Å². The van der Waals surface area contributed by atoms with Gasteiger partial charge in [0.15, 0.2) is 11.2 Å². The topological polar surface area (TPSA) is 65.1 Å². The molecule has 19 heavy (non-hydrogen) atoms. The molecule has 3 heterocycles. The standard InChI is InChI=1S/C13H13N5O/c19-13-12-10(18-11(15-16-12)5-7-14-18)6-8-17(13)9-3-1-2-4-9/h5-9H,1-4H2. The number of aromatic nitrogens is 5. The third-order valence-electron chi connectivity index (χ3n) is 3.89. The molecular formula is C13H13N5O. The highest BCUT2D eigenvalue weighted by molar-refractivity contribution is 5.74. The van der Waals surface area contributed by atoms with E-state index in [1.54, 1.807) is 21.3 Å². The molecular weight excluding hydrogens is 242 g/mol. The first-order valence-electron chi connectivity index (χ1n) is 6.56. The summed E-state index contributed by atoms with van der Waals surface area (Å²) in [6.45, 7) is 0. The third-order valence-corrected chi connectivity index (χ3v) is 3.89. The van der Waals surface area contributed by atoms with E-state index in [-0.39, 0.29) is 5.56 Å². The molecule has 0 aromatic carbocycles. The molecule has 1 fully saturated rings. The minimum Gasteiger partial charge on any atom is -0.310 e. The first-order chi connectivity index (χ1) is 9.34. The molecule has 0 unspecified atom stereocenters. The van der Waals surface area contributed by atoms with Crippen molar-refractivity contribution < 1.29 is 0 Å². The lowest BCUT2D eigenvalue weighted by Crippen LogP contribution is -2.24. The summed E-state index contributed by atoms with van der Waals surface area (Å²) in [4.78, 5) is 12.5. The quantitative estimate of drug-likeness (QED) is 0.661. The van der Waals surface area contributed by atoms with Crippen molar-refractivity contribution in [2.24, 2.45) is 0 Å². The summed E-state index contributed by atoms with van der Waals surface area (Å²) in [7, 11) is 0. The molecule has 0 spiro atoms. The fraction of sp³-hybridized carbons (Fsp3) is 0.385. The zero-order chi connectivity index (χ0) is 12.8. The molecule has 0 N–H and O–H groups in total. The molecule has 0 saturated heterocycles. The van der Waals surface area contributed by atoms with Crippen LogP contribution < -0.4 is 5.56 Å². The van der Waals surface area contributed by atoms with Crippen molar-refractivity contribution in [1.29, 1.82) is 0 Å². The van der Waals surface area contributed by atoms with Crippen molar-refractivity contribution >= 4 is 16.7 Å². The van der Waals surface area contributed by atoms with Crippen LogP contribution in [0.3, 0.4) is 0 Å². The minimum absolute atomic E-state index is 0.0608. The fourth-order valence-electron chi connectivity index (χ4n) is 2.92. The molecule has 0 amide bonds. The van der Waals surface area contributed by atoms with Crippen molar-refractivity contribution in [3.05, 3.63) is 34.9 Å². The van der Waals surface area contributed by atoms with Gasteiger partial charge in [-0.15, -0.1) is 10.2 Å². The van der Waals surface area contributed by atoms with Gasteiger partial charge in [0.1, 0.15) is 5.52 Å². The molecule has 1 aliphatic carbocycles. The molecule has 4 rings (SSSR count). The number of pyridine rings is 1. The highest BCUT2D eigenvalue weighted by Gasteiger charge is 2.19. The van der Waals surface area contributed by atoms with Gasteiger partial charge in [0.2, 0.25) is 0 Å². The predicted molar refractivity (Wildman–Crippen MR) is 70.1 cm³/mol. The van der Waals surface area contributed by atoms with Crippen LogP contribution in [-0.2, 0) is 0 Å². The van der Waals surface area contributed by atoms with Gasteiger partial charge in [0.05, 0.1) is 6.20 Å². The molecule has 6 heteroatoms. The third kappa shape index (κ3) is 1.49. The number of fused-ring (bicyclic) bond motifs is 3. The number of nitrogens with zero attached hydrogens (tertiary/aromatic N) is 5. The fourth-order valence-corrected chi connectivity index (χ4v) is 2.92. The lowest BCUT2D eigenvalue weighted by Gasteiger charge is -2.13. The highest BCUT2D eigenvalue weighted by atomic mass is 16.1. The van der Waals surface area contributed by atoms with Crippen LogP contribution in [-0.4, -0.2) is 24.4 Å². The van der Waals surface area contributed by atoms with E-state index in [2.05, 4.69) is 15.3 Å². The largest absolute Gasteiger partial charge is 0.310 e. The zero-order valence-electron chi connectivity index (χ0n) is 10.4. The Labute approximate surface area is 108 Å². The normalized spacial score (nSPS) is 16.6. The van der Waals surface area contributed by atoms with Crippen LogP contribution in [0, 0.1) is 0 Å². The SMILES string of the molecule is O=c1c2nnc3ccnn3c2ccn1C1CCCC1. The van der Waals surface area contributed by atoms with E-state index < -0.39 is 0 Å². The number of rotatable bonds is 1. The first kappa shape index (κ1) is 10.7. The Morgan fingerprint density at radius 3 is 2.84 bits per heavy atom. The van der Waals surface area contributed by atoms with Gasteiger partial charge in [-0.3, -0.25) is 4.79 Å². The average molecular weight is 255 g/mol. The Bertz CT molecular complexity index is 813. The molecule has 0 atom stereocenters. The second kappa shape index (κ2) is 3.88. The van der Waals surface area contributed by atoms with Crippen LogP contribution in [0.15, 0.2) is 29.3 Å². The highest BCUT2D eigenvalue weighted by Crippen LogP contribution is 2.28. The molecule has 3 aromatic heterocycles. The molecule has 3 aromatic rings. The summed E-state index contributed by atoms with van der Waals surface area (Å²) in [5.74, 6) is 0. The lowest BCUT2D eigenvalue weighted by molar-refractivity contribution is 0.504. The maximum absolute atomic E-state index is 12.5. The van der Waals surface area contributed by atoms with E-state index in [0.29, 0.717) is 22.7 Å². The summed E-state index contributed by atoms with van der Waals surface area (Å²) in [5.41, 5.74) is 1.71. The van der Waals surface area contributed by atoms with Crippen molar-refractivity contribution in [2.75, 3.05) is 0 Å². The Balaban J connectivity index is 2.02. The van der Waals surface area contributed by atoms with E-state index in [1.807, 2.05) is 12.3 Å². The average Bonchev–Trinajstić information content (AvgIpc) is 3.10. The van der Waals surface area contributed by atoms with E-state index >= 15 is 0 Å². The number of hydrogen-bond donors (Lipinski definition) is 0. The molecule has 96 valence electrons. The summed E-state index contributed by atoms with van der Waals surface area (Å²) in [6.07, 6.45) is 8.05. The Kier molecular flexibility index (Phi) is 2.18. The van der Waals surface area contributed by atoms with Gasteiger partial charge in [-0.1, -0.05) is 12.8 Å². The van der Waals surface area contributed by atoms with E-state index in [0.717, 1.165) is 12.8 Å². The van der Waals surface area contributed by atoms with Gasteiger partial charge in [0.25, 0.3) is 5.56 Å². The minimum atomic E-state index is -0.0608. The Morgan fingerprint density at radius 2 is 2.00 bits per heavy atom. The van der Waals surface area contributed by atoms with Crippen molar-refractivity contribution in [1.82, 2.24) is 24.4 Å². The predicted octanol–water partition coefficient (Wildman–Crippen LogP) is 1.55. The van der Waals surface area contributed by atoms with Gasteiger partial charge < -0.3 is 4.57 Å². The van der Waals surface area contributed by atoms with Crippen LogP contribution >= 0.6 is 0 Å². The van der Waals surface area contributed by atoms with E-state index in [9.17, 15) is 4.79 Å². The molecule has 1 saturated carbocycles. The van der Waals surface area contributed by atoms with Crippen molar-refractivity contribution in [2.45, 2.75) is 31.7 Å². The molecule has 0 radical (unpaired) electrons. The lowest BCUT2D eigenvalue weighted by atomic mass is 10.2. The van der Waals surface area contributed by atoms with Crippen LogP contribution in [0.2, 0.25) is 0 Å². The maximum atomic E-state index is 12.5. The van der Waals surface area contributed by atoms with Crippen LogP contribution in [0.5, 0.6) is 0 Å². The first-order valence-corrected chi connectivity index (χ1v) is 6.56. The van der Waals surface area contributed by atoms with Gasteiger partial charge in [-0.2, -0.15) is 5.10 Å². The molecule has 0 bridgehead atoms. The Morgan fingerprint density at radius 1 is 1.16 bits per heavy atom. The zero-order valence-corrected chi connectivity index (χ0v) is 10.4. The van der Waals surface area contributed by atoms with E-state index in [4.69, 9.17) is 0 Å². The van der Waals surface area contributed by atoms with Crippen LogP contribution in [0.1, 0.15) is 31.7 Å². The second-order valence-corrected chi connectivity index (χ2v) is 5.00. The summed E-state index contributed by atoms with van der Waals surface area (Å²) < 4.78 is 3.46. The monoisotopic (exact) mass is 255 g/mol. The van der Waals surface area contributed by atoms with Crippen molar-refractivity contribution in [3.63, 3.8) is 0 Å².